The molecule has 0 heterocycles. The van der Waals surface area contributed by atoms with Gasteiger partial charge in [0.2, 0.25) is 0 Å². The fraction of sp³-hybridized carbons (Fsp3) is 0.467. The normalized spacial score (nSPS) is 24.3. The summed E-state index contributed by atoms with van der Waals surface area (Å²) < 4.78 is 0. The zero-order chi connectivity index (χ0) is 10.5. The maximum atomic E-state index is 2.34. The van der Waals surface area contributed by atoms with E-state index in [1.165, 1.54) is 37.7 Å². The summed E-state index contributed by atoms with van der Waals surface area (Å²) in [5.74, 6) is 0.811. The molecule has 1 aliphatic carbocycles. The topological polar surface area (TPSA) is 0 Å². The van der Waals surface area contributed by atoms with Gasteiger partial charge < -0.3 is 0 Å². The van der Waals surface area contributed by atoms with Crippen molar-refractivity contribution in [2.45, 2.75) is 39.0 Å². The van der Waals surface area contributed by atoms with Crippen molar-refractivity contribution in [2.75, 3.05) is 0 Å². The molecule has 0 nitrogen and oxygen atoms in total. The highest BCUT2D eigenvalue weighted by Crippen LogP contribution is 2.31. The van der Waals surface area contributed by atoms with E-state index >= 15 is 0 Å². The molecule has 0 amide bonds. The summed E-state index contributed by atoms with van der Waals surface area (Å²) in [6.07, 6.45) is 9.09. The predicted octanol–water partition coefficient (Wildman–Crippen LogP) is 4.37. The van der Waals surface area contributed by atoms with Crippen LogP contribution in [0.15, 0.2) is 42.0 Å². The molecular weight excluding hydrogens is 180 g/mol. The molecule has 1 saturated carbocycles. The minimum Gasteiger partial charge on any atom is -0.0882 e. The number of hydrogen-bond acceptors (Lipinski definition) is 0. The van der Waals surface area contributed by atoms with E-state index in [0.717, 1.165) is 5.92 Å². The van der Waals surface area contributed by atoms with Crippen molar-refractivity contribution < 1.29 is 0 Å². The number of benzene rings is 1. The van der Waals surface area contributed by atoms with Gasteiger partial charge in [-0.2, -0.15) is 0 Å². The molecule has 2 rings (SSSR count). The molecule has 0 aromatic heterocycles. The van der Waals surface area contributed by atoms with Gasteiger partial charge in [-0.25, -0.2) is 0 Å². The molecule has 1 aliphatic rings. The van der Waals surface area contributed by atoms with Crippen LogP contribution >= 0.6 is 0 Å². The molecule has 1 unspecified atom stereocenters. The van der Waals surface area contributed by atoms with Crippen molar-refractivity contribution in [2.24, 2.45) is 5.92 Å². The quantitative estimate of drug-likeness (QED) is 0.622. The summed E-state index contributed by atoms with van der Waals surface area (Å²) in [5, 5.41) is 0. The van der Waals surface area contributed by atoms with E-state index in [-0.39, 0.29) is 0 Å². The summed E-state index contributed by atoms with van der Waals surface area (Å²) in [5.41, 5.74) is 3.17. The minimum absolute atomic E-state index is 0.811. The first-order valence-electron chi connectivity index (χ1n) is 6.09. The largest absolute Gasteiger partial charge is 0.0882 e. The van der Waals surface area contributed by atoms with Gasteiger partial charge in [0.1, 0.15) is 0 Å². The van der Waals surface area contributed by atoms with Crippen LogP contribution < -0.4 is 0 Å². The highest BCUT2D eigenvalue weighted by atomic mass is 14.2. The smallest absolute Gasteiger partial charge is 0.0163 e. The average molecular weight is 200 g/mol. The van der Waals surface area contributed by atoms with E-state index in [2.05, 4.69) is 43.3 Å². The molecule has 1 aromatic rings. The van der Waals surface area contributed by atoms with Gasteiger partial charge in [-0.05, 0) is 44.1 Å². The van der Waals surface area contributed by atoms with Crippen LogP contribution in [0.2, 0.25) is 0 Å². The SMILES string of the molecule is C/C=C1\CCCCC1Cc1ccccc1. The molecule has 0 bridgehead atoms. The van der Waals surface area contributed by atoms with Gasteiger partial charge in [-0.1, -0.05) is 48.4 Å². The van der Waals surface area contributed by atoms with Crippen LogP contribution in [0.5, 0.6) is 0 Å². The molecule has 0 radical (unpaired) electrons. The summed E-state index contributed by atoms with van der Waals surface area (Å²) in [6.45, 7) is 2.19. The molecule has 80 valence electrons. The standard InChI is InChI=1S/C15H20/c1-2-14-10-6-7-11-15(14)12-13-8-4-3-5-9-13/h2-5,8-9,15H,6-7,10-12H2,1H3/b14-2+. The van der Waals surface area contributed by atoms with Crippen molar-refractivity contribution in [1.29, 1.82) is 0 Å². The van der Waals surface area contributed by atoms with Gasteiger partial charge in [-0.15, -0.1) is 0 Å². The Morgan fingerprint density at radius 1 is 1.20 bits per heavy atom. The summed E-state index contributed by atoms with van der Waals surface area (Å²) >= 11 is 0. The minimum atomic E-state index is 0.811. The number of hydrogen-bond donors (Lipinski definition) is 0. The molecule has 0 N–H and O–H groups in total. The lowest BCUT2D eigenvalue weighted by Crippen LogP contribution is -2.12. The monoisotopic (exact) mass is 200 g/mol. The van der Waals surface area contributed by atoms with Gasteiger partial charge in [0.25, 0.3) is 0 Å². The van der Waals surface area contributed by atoms with Gasteiger partial charge in [0.15, 0.2) is 0 Å². The molecule has 1 atom stereocenters. The van der Waals surface area contributed by atoms with Gasteiger partial charge >= 0.3 is 0 Å². The van der Waals surface area contributed by atoms with Crippen LogP contribution in [0.4, 0.5) is 0 Å². The first kappa shape index (κ1) is 10.5. The Hall–Kier alpha value is -1.04. The molecule has 1 fully saturated rings. The van der Waals surface area contributed by atoms with Crippen LogP contribution in [0, 0.1) is 5.92 Å². The third-order valence-electron chi connectivity index (χ3n) is 3.49. The molecule has 1 aromatic carbocycles. The summed E-state index contributed by atoms with van der Waals surface area (Å²) in [7, 11) is 0. The van der Waals surface area contributed by atoms with Crippen molar-refractivity contribution in [3.8, 4) is 0 Å². The highest BCUT2D eigenvalue weighted by Gasteiger charge is 2.17. The lowest BCUT2D eigenvalue weighted by molar-refractivity contribution is 0.450. The molecular formula is C15H20. The third kappa shape index (κ3) is 2.71. The Morgan fingerprint density at radius 3 is 2.73 bits per heavy atom. The summed E-state index contributed by atoms with van der Waals surface area (Å²) in [6, 6.07) is 10.9. The zero-order valence-corrected chi connectivity index (χ0v) is 9.58. The fourth-order valence-electron chi connectivity index (χ4n) is 2.62. The first-order valence-corrected chi connectivity index (χ1v) is 6.09. The van der Waals surface area contributed by atoms with E-state index < -0.39 is 0 Å². The maximum Gasteiger partial charge on any atom is -0.0163 e. The molecule has 15 heavy (non-hydrogen) atoms. The first-order chi connectivity index (χ1) is 7.40. The van der Waals surface area contributed by atoms with Crippen molar-refractivity contribution in [1.82, 2.24) is 0 Å². The number of rotatable bonds is 2. The van der Waals surface area contributed by atoms with Crippen LogP contribution in [-0.2, 0) is 6.42 Å². The van der Waals surface area contributed by atoms with Crippen LogP contribution in [0.3, 0.4) is 0 Å². The molecule has 0 spiro atoms. The van der Waals surface area contributed by atoms with E-state index in [4.69, 9.17) is 0 Å². The second-order valence-electron chi connectivity index (χ2n) is 4.50. The lowest BCUT2D eigenvalue weighted by Gasteiger charge is -2.25. The Kier molecular flexibility index (Phi) is 3.60. The highest BCUT2D eigenvalue weighted by molar-refractivity contribution is 5.19. The Bertz CT molecular complexity index is 321. The van der Waals surface area contributed by atoms with Crippen molar-refractivity contribution in [3.05, 3.63) is 47.5 Å². The predicted molar refractivity (Wildman–Crippen MR) is 65.9 cm³/mol. The molecule has 0 saturated heterocycles. The average Bonchev–Trinajstić information content (AvgIpc) is 2.31. The van der Waals surface area contributed by atoms with E-state index in [0.29, 0.717) is 0 Å². The second kappa shape index (κ2) is 5.16. The Morgan fingerprint density at radius 2 is 2.00 bits per heavy atom. The van der Waals surface area contributed by atoms with Crippen LogP contribution in [-0.4, -0.2) is 0 Å². The van der Waals surface area contributed by atoms with Crippen LogP contribution in [0.25, 0.3) is 0 Å². The third-order valence-corrected chi connectivity index (χ3v) is 3.49. The van der Waals surface area contributed by atoms with Crippen LogP contribution in [0.1, 0.15) is 38.2 Å². The fourth-order valence-corrected chi connectivity index (χ4v) is 2.62. The van der Waals surface area contributed by atoms with E-state index in [9.17, 15) is 0 Å². The van der Waals surface area contributed by atoms with Gasteiger partial charge in [0, 0.05) is 0 Å². The molecule has 0 heteroatoms. The van der Waals surface area contributed by atoms with Crippen molar-refractivity contribution in [3.63, 3.8) is 0 Å². The van der Waals surface area contributed by atoms with E-state index in [1.807, 2.05) is 0 Å². The van der Waals surface area contributed by atoms with Crippen molar-refractivity contribution >= 4 is 0 Å². The van der Waals surface area contributed by atoms with E-state index in [1.54, 1.807) is 5.57 Å². The Balaban J connectivity index is 2.04. The Labute approximate surface area is 93.0 Å². The maximum absolute atomic E-state index is 2.34. The number of allylic oxidation sites excluding steroid dienone is 2. The van der Waals surface area contributed by atoms with Gasteiger partial charge in [0.05, 0.1) is 0 Å². The lowest BCUT2D eigenvalue weighted by atomic mass is 9.80. The second-order valence-corrected chi connectivity index (χ2v) is 4.50. The molecule has 0 aliphatic heterocycles. The summed E-state index contributed by atoms with van der Waals surface area (Å²) in [4.78, 5) is 0. The zero-order valence-electron chi connectivity index (χ0n) is 9.58. The van der Waals surface area contributed by atoms with Gasteiger partial charge in [-0.3, -0.25) is 0 Å².